The van der Waals surface area contributed by atoms with Gasteiger partial charge in [-0.15, -0.1) is 0 Å². The zero-order valence-electron chi connectivity index (χ0n) is 19.2. The van der Waals surface area contributed by atoms with E-state index in [1.165, 1.54) is 50.1 Å². The lowest BCUT2D eigenvalue weighted by molar-refractivity contribution is -0.113. The van der Waals surface area contributed by atoms with Crippen LogP contribution in [0.4, 0.5) is 11.4 Å². The Balaban J connectivity index is 1.80. The lowest BCUT2D eigenvalue weighted by atomic mass is 10.1. The number of amides is 1. The summed E-state index contributed by atoms with van der Waals surface area (Å²) in [7, 11) is 4.57. The van der Waals surface area contributed by atoms with E-state index >= 15 is 0 Å². The summed E-state index contributed by atoms with van der Waals surface area (Å²) >= 11 is 1.19. The second kappa shape index (κ2) is 10.4. The molecular formula is C26H22N2O6S. The lowest BCUT2D eigenvalue weighted by Gasteiger charge is -2.15. The fraction of sp³-hybridized carbons (Fsp3) is 0.115. The number of benzene rings is 3. The Morgan fingerprint density at radius 2 is 1.63 bits per heavy atom. The van der Waals surface area contributed by atoms with Gasteiger partial charge in [0.15, 0.2) is 16.7 Å². The molecule has 1 N–H and O–H groups in total. The van der Waals surface area contributed by atoms with Crippen LogP contribution in [0.1, 0.15) is 15.9 Å². The molecule has 0 radical (unpaired) electrons. The second-order valence-corrected chi connectivity index (χ2v) is 8.30. The quantitative estimate of drug-likeness (QED) is 0.454. The zero-order valence-corrected chi connectivity index (χ0v) is 20.0. The zero-order chi connectivity index (χ0) is 24.9. The third-order valence-electron chi connectivity index (χ3n) is 5.12. The largest absolute Gasteiger partial charge is 0.493 e. The number of aromatic carboxylic acids is 1. The van der Waals surface area contributed by atoms with E-state index in [0.29, 0.717) is 44.3 Å². The summed E-state index contributed by atoms with van der Waals surface area (Å²) in [6.07, 6.45) is 1.73. The number of rotatable bonds is 7. The number of hydrogen-bond donors (Lipinski definition) is 1. The Kier molecular flexibility index (Phi) is 7.07. The molecule has 0 unspecified atom stereocenters. The normalized spacial score (nSPS) is 15.5. The summed E-state index contributed by atoms with van der Waals surface area (Å²) in [5.41, 5.74) is 1.86. The minimum absolute atomic E-state index is 0.112. The smallest absolute Gasteiger partial charge is 0.335 e. The van der Waals surface area contributed by atoms with Crippen molar-refractivity contribution in [1.29, 1.82) is 0 Å². The number of carboxylic acid groups (broad SMARTS) is 1. The minimum atomic E-state index is -1.05. The number of nitrogens with zero attached hydrogens (tertiary/aromatic N) is 2. The van der Waals surface area contributed by atoms with Crippen LogP contribution in [0.2, 0.25) is 0 Å². The molecule has 1 aliphatic heterocycles. The van der Waals surface area contributed by atoms with E-state index in [1.807, 2.05) is 30.3 Å². The highest BCUT2D eigenvalue weighted by atomic mass is 32.2. The van der Waals surface area contributed by atoms with E-state index in [-0.39, 0.29) is 11.5 Å². The monoisotopic (exact) mass is 490 g/mol. The Hall–Kier alpha value is -4.24. The third kappa shape index (κ3) is 4.99. The average molecular weight is 491 g/mol. The number of ether oxygens (including phenoxy) is 3. The standard InChI is InChI=1S/C26H22N2O6S/c1-32-20-12-16(13-21(33-2)23(20)34-3)14-22-24(29)28(19-10-5-4-6-11-19)26(35-22)27-18-9-7-8-17(15-18)25(30)31/h4-15H,1-3H3,(H,30,31)/b22-14-,27-26?. The van der Waals surface area contributed by atoms with Gasteiger partial charge in [0.25, 0.3) is 5.91 Å². The molecule has 0 bridgehead atoms. The Bertz CT molecular complexity index is 1310. The summed E-state index contributed by atoms with van der Waals surface area (Å²) in [6.45, 7) is 0. The van der Waals surface area contributed by atoms with Gasteiger partial charge in [0, 0.05) is 0 Å². The summed E-state index contributed by atoms with van der Waals surface area (Å²) in [5.74, 6) is 0.0732. The van der Waals surface area contributed by atoms with E-state index < -0.39 is 5.97 Å². The molecule has 8 nitrogen and oxygen atoms in total. The summed E-state index contributed by atoms with van der Waals surface area (Å²) < 4.78 is 16.2. The number of hydrogen-bond acceptors (Lipinski definition) is 7. The molecule has 3 aromatic carbocycles. The molecule has 35 heavy (non-hydrogen) atoms. The third-order valence-corrected chi connectivity index (χ3v) is 6.09. The second-order valence-electron chi connectivity index (χ2n) is 7.30. The van der Waals surface area contributed by atoms with Gasteiger partial charge in [0.05, 0.1) is 43.2 Å². The van der Waals surface area contributed by atoms with Gasteiger partial charge in [0.2, 0.25) is 5.75 Å². The Morgan fingerprint density at radius 3 is 2.23 bits per heavy atom. The highest BCUT2D eigenvalue weighted by Crippen LogP contribution is 2.41. The molecule has 0 aliphatic carbocycles. The first-order valence-corrected chi connectivity index (χ1v) is 11.3. The van der Waals surface area contributed by atoms with E-state index in [0.717, 1.165) is 0 Å². The van der Waals surface area contributed by atoms with Crippen LogP contribution in [0.5, 0.6) is 17.2 Å². The molecule has 0 atom stereocenters. The number of anilines is 1. The molecule has 1 heterocycles. The number of amidine groups is 1. The maximum atomic E-state index is 13.5. The van der Waals surface area contributed by atoms with Crippen molar-refractivity contribution < 1.29 is 28.9 Å². The number of thioether (sulfide) groups is 1. The molecule has 178 valence electrons. The highest BCUT2D eigenvalue weighted by Gasteiger charge is 2.35. The van der Waals surface area contributed by atoms with Crippen molar-refractivity contribution in [2.75, 3.05) is 26.2 Å². The molecule has 0 aromatic heterocycles. The minimum Gasteiger partial charge on any atom is -0.493 e. The highest BCUT2D eigenvalue weighted by molar-refractivity contribution is 8.19. The van der Waals surface area contributed by atoms with E-state index in [4.69, 9.17) is 14.2 Å². The van der Waals surface area contributed by atoms with Crippen LogP contribution in [0, 0.1) is 0 Å². The number of methoxy groups -OCH3 is 3. The van der Waals surface area contributed by atoms with Gasteiger partial charge in [-0.25, -0.2) is 9.79 Å². The molecule has 4 rings (SSSR count). The van der Waals surface area contributed by atoms with E-state index in [1.54, 1.807) is 30.3 Å². The van der Waals surface area contributed by atoms with Gasteiger partial charge in [-0.1, -0.05) is 24.3 Å². The maximum absolute atomic E-state index is 13.5. The average Bonchev–Trinajstić information content (AvgIpc) is 3.17. The maximum Gasteiger partial charge on any atom is 0.335 e. The van der Waals surface area contributed by atoms with Crippen molar-refractivity contribution in [2.45, 2.75) is 0 Å². The molecule has 3 aromatic rings. The van der Waals surface area contributed by atoms with Crippen molar-refractivity contribution in [2.24, 2.45) is 4.99 Å². The molecule has 0 saturated carbocycles. The van der Waals surface area contributed by atoms with Gasteiger partial charge >= 0.3 is 5.97 Å². The molecule has 1 aliphatic rings. The Labute approximate surface area is 206 Å². The number of para-hydroxylation sites is 1. The molecule has 1 saturated heterocycles. The first-order chi connectivity index (χ1) is 16.9. The van der Waals surface area contributed by atoms with Crippen molar-refractivity contribution in [3.8, 4) is 17.2 Å². The number of carbonyl (C=O) groups excluding carboxylic acids is 1. The van der Waals surface area contributed by atoms with Crippen LogP contribution in [-0.2, 0) is 4.79 Å². The molecule has 1 amide bonds. The van der Waals surface area contributed by atoms with Gasteiger partial charge in [0.1, 0.15) is 0 Å². The van der Waals surface area contributed by atoms with Crippen molar-refractivity contribution >= 4 is 46.3 Å². The molecule has 1 fully saturated rings. The fourth-order valence-corrected chi connectivity index (χ4v) is 4.51. The van der Waals surface area contributed by atoms with Crippen LogP contribution in [0.3, 0.4) is 0 Å². The predicted molar refractivity (Wildman–Crippen MR) is 136 cm³/mol. The van der Waals surface area contributed by atoms with Gasteiger partial charge in [-0.3, -0.25) is 9.69 Å². The summed E-state index contributed by atoms with van der Waals surface area (Å²) in [6, 6.07) is 18.9. The number of aliphatic imine (C=N–C) groups is 1. The van der Waals surface area contributed by atoms with E-state index in [2.05, 4.69) is 4.99 Å². The first kappa shape index (κ1) is 23.9. The number of carboxylic acids is 1. The topological polar surface area (TPSA) is 97.7 Å². The summed E-state index contributed by atoms with van der Waals surface area (Å²) in [5, 5.41) is 9.72. The lowest BCUT2D eigenvalue weighted by Crippen LogP contribution is -2.28. The Morgan fingerprint density at radius 1 is 0.943 bits per heavy atom. The van der Waals surface area contributed by atoms with Crippen LogP contribution in [0.15, 0.2) is 76.6 Å². The van der Waals surface area contributed by atoms with Gasteiger partial charge < -0.3 is 19.3 Å². The van der Waals surface area contributed by atoms with Crippen molar-refractivity contribution in [3.05, 3.63) is 82.8 Å². The SMILES string of the molecule is COc1cc(/C=C2\SC(=Nc3cccc(C(=O)O)c3)N(c3ccccc3)C2=O)cc(OC)c1OC. The van der Waals surface area contributed by atoms with Crippen LogP contribution >= 0.6 is 11.8 Å². The number of carbonyl (C=O) groups is 2. The first-order valence-electron chi connectivity index (χ1n) is 10.5. The van der Waals surface area contributed by atoms with Crippen LogP contribution < -0.4 is 19.1 Å². The van der Waals surface area contributed by atoms with Gasteiger partial charge in [-0.05, 0) is 65.9 Å². The van der Waals surface area contributed by atoms with Crippen LogP contribution in [0.25, 0.3) is 6.08 Å². The fourth-order valence-electron chi connectivity index (χ4n) is 3.51. The van der Waals surface area contributed by atoms with Crippen molar-refractivity contribution in [1.82, 2.24) is 0 Å². The molecule has 0 spiro atoms. The molecular weight excluding hydrogens is 468 g/mol. The summed E-state index contributed by atoms with van der Waals surface area (Å²) in [4.78, 5) is 31.4. The van der Waals surface area contributed by atoms with E-state index in [9.17, 15) is 14.7 Å². The van der Waals surface area contributed by atoms with Gasteiger partial charge in [-0.2, -0.15) is 0 Å². The predicted octanol–water partition coefficient (Wildman–Crippen LogP) is 5.22. The van der Waals surface area contributed by atoms with Crippen LogP contribution in [-0.4, -0.2) is 43.5 Å². The van der Waals surface area contributed by atoms with Crippen molar-refractivity contribution in [3.63, 3.8) is 0 Å². The molecule has 9 heteroatoms.